The van der Waals surface area contributed by atoms with Crippen LogP contribution in [0.1, 0.15) is 44.9 Å². The largest absolute Gasteiger partial charge is 0.474 e. The molecule has 0 unspecified atom stereocenters. The first-order valence-electron chi connectivity index (χ1n) is 9.75. The maximum absolute atomic E-state index is 12.2. The minimum absolute atomic E-state index is 0.158. The topological polar surface area (TPSA) is 71.8 Å². The summed E-state index contributed by atoms with van der Waals surface area (Å²) in [5, 5.41) is 7.34. The fourth-order valence-electron chi connectivity index (χ4n) is 3.94. The fraction of sp³-hybridized carbons (Fsp3) is 0.632. The number of carbonyl (C=O) groups is 1. The number of nitrogens with one attached hydrogen (secondary N) is 1. The number of likely N-dealkylation sites (tertiary alicyclic amines) is 1. The summed E-state index contributed by atoms with van der Waals surface area (Å²) in [5.74, 6) is 0.815. The molecule has 140 valence electrons. The number of hydrogen-bond donors (Lipinski definition) is 1. The van der Waals surface area contributed by atoms with Crippen molar-refractivity contribution in [1.82, 2.24) is 24.8 Å². The first-order chi connectivity index (χ1) is 12.8. The Morgan fingerprint density at radius 1 is 1.15 bits per heavy atom. The minimum Gasteiger partial charge on any atom is -0.474 e. The molecule has 7 heteroatoms. The van der Waals surface area contributed by atoms with Crippen LogP contribution in [0.5, 0.6) is 5.88 Å². The second-order valence-corrected chi connectivity index (χ2v) is 7.40. The maximum atomic E-state index is 12.2. The Kier molecular flexibility index (Phi) is 5.34. The molecule has 0 aromatic carbocycles. The van der Waals surface area contributed by atoms with Crippen LogP contribution in [0.15, 0.2) is 24.5 Å². The van der Waals surface area contributed by atoms with Crippen LogP contribution >= 0.6 is 0 Å². The number of amides is 1. The monoisotopic (exact) mass is 357 g/mol. The number of ether oxygens (including phenoxy) is 1. The highest BCUT2D eigenvalue weighted by atomic mass is 16.5. The molecule has 0 spiro atoms. The third-order valence-electron chi connectivity index (χ3n) is 5.39. The predicted molar refractivity (Wildman–Crippen MR) is 98.1 cm³/mol. The Hall–Kier alpha value is -2.15. The molecule has 3 heterocycles. The van der Waals surface area contributed by atoms with Crippen LogP contribution in [-0.4, -0.2) is 57.2 Å². The van der Waals surface area contributed by atoms with E-state index in [1.54, 1.807) is 10.7 Å². The van der Waals surface area contributed by atoms with E-state index in [4.69, 9.17) is 4.74 Å². The van der Waals surface area contributed by atoms with E-state index < -0.39 is 0 Å². The van der Waals surface area contributed by atoms with Gasteiger partial charge in [0.25, 0.3) is 0 Å². The molecule has 1 saturated heterocycles. The Morgan fingerprint density at radius 3 is 2.77 bits per heavy atom. The summed E-state index contributed by atoms with van der Waals surface area (Å²) in [6.07, 6.45) is 11.6. The lowest BCUT2D eigenvalue weighted by atomic mass is 9.95. The quantitative estimate of drug-likeness (QED) is 0.886. The molecule has 1 aliphatic heterocycles. The van der Waals surface area contributed by atoms with Gasteiger partial charge in [-0.15, -0.1) is 0 Å². The summed E-state index contributed by atoms with van der Waals surface area (Å²) in [4.78, 5) is 18.9. The van der Waals surface area contributed by atoms with E-state index in [9.17, 15) is 4.79 Å². The Labute approximate surface area is 153 Å². The molecule has 2 fully saturated rings. The van der Waals surface area contributed by atoms with Crippen molar-refractivity contribution in [3.8, 4) is 5.88 Å². The third-order valence-corrected chi connectivity index (χ3v) is 5.39. The molecule has 26 heavy (non-hydrogen) atoms. The van der Waals surface area contributed by atoms with Crippen LogP contribution in [-0.2, 0) is 4.79 Å². The molecule has 1 N–H and O–H groups in total. The third kappa shape index (κ3) is 4.33. The number of carbonyl (C=O) groups excluding carboxylic acids is 1. The van der Waals surface area contributed by atoms with E-state index in [0.717, 1.165) is 44.4 Å². The van der Waals surface area contributed by atoms with E-state index >= 15 is 0 Å². The standard InChI is InChI=1S/C19H27N5O2/c25-18(21-15-4-2-1-3-5-15)14-23-11-7-16(8-12-23)26-19-9-13-24-17(22-19)6-10-20-24/h6,9-10,13,15-16H,1-5,7-8,11-12,14H2,(H,21,25). The average molecular weight is 357 g/mol. The van der Waals surface area contributed by atoms with Gasteiger partial charge in [-0.05, 0) is 25.7 Å². The van der Waals surface area contributed by atoms with Gasteiger partial charge in [-0.2, -0.15) is 10.1 Å². The summed E-state index contributed by atoms with van der Waals surface area (Å²) in [6, 6.07) is 4.10. The summed E-state index contributed by atoms with van der Waals surface area (Å²) in [6.45, 7) is 2.28. The lowest BCUT2D eigenvalue weighted by molar-refractivity contribution is -0.123. The van der Waals surface area contributed by atoms with Crippen molar-refractivity contribution in [3.63, 3.8) is 0 Å². The second kappa shape index (κ2) is 8.03. The average Bonchev–Trinajstić information content (AvgIpc) is 3.12. The van der Waals surface area contributed by atoms with Crippen LogP contribution in [0.4, 0.5) is 0 Å². The van der Waals surface area contributed by atoms with Gasteiger partial charge in [-0.3, -0.25) is 9.69 Å². The van der Waals surface area contributed by atoms with Crippen molar-refractivity contribution in [3.05, 3.63) is 24.5 Å². The van der Waals surface area contributed by atoms with Gasteiger partial charge >= 0.3 is 0 Å². The van der Waals surface area contributed by atoms with Crippen molar-refractivity contribution in [1.29, 1.82) is 0 Å². The van der Waals surface area contributed by atoms with E-state index in [1.165, 1.54) is 19.3 Å². The summed E-state index contributed by atoms with van der Waals surface area (Å²) < 4.78 is 7.75. The number of nitrogens with zero attached hydrogens (tertiary/aromatic N) is 4. The van der Waals surface area contributed by atoms with E-state index in [0.29, 0.717) is 18.5 Å². The summed E-state index contributed by atoms with van der Waals surface area (Å²) >= 11 is 0. The van der Waals surface area contributed by atoms with Crippen molar-refractivity contribution in [2.24, 2.45) is 0 Å². The van der Waals surface area contributed by atoms with Gasteiger partial charge in [0, 0.05) is 37.5 Å². The number of rotatable bonds is 5. The smallest absolute Gasteiger partial charge is 0.234 e. The molecule has 2 aliphatic rings. The number of hydrogen-bond acceptors (Lipinski definition) is 5. The molecule has 0 atom stereocenters. The van der Waals surface area contributed by atoms with E-state index in [-0.39, 0.29) is 12.0 Å². The van der Waals surface area contributed by atoms with Crippen LogP contribution in [0.25, 0.3) is 5.65 Å². The molecule has 0 radical (unpaired) electrons. The first kappa shape index (κ1) is 17.3. The van der Waals surface area contributed by atoms with Gasteiger partial charge in [0.2, 0.25) is 11.8 Å². The normalized spacial score (nSPS) is 20.3. The second-order valence-electron chi connectivity index (χ2n) is 7.40. The lowest BCUT2D eigenvalue weighted by Crippen LogP contribution is -2.46. The molecule has 1 saturated carbocycles. The molecule has 1 aliphatic carbocycles. The van der Waals surface area contributed by atoms with Gasteiger partial charge < -0.3 is 10.1 Å². The SMILES string of the molecule is O=C(CN1CCC(Oc2ccn3nccc3n2)CC1)NC1CCCCC1. The minimum atomic E-state index is 0.158. The van der Waals surface area contributed by atoms with Gasteiger partial charge in [-0.25, -0.2) is 4.52 Å². The Balaban J connectivity index is 1.21. The summed E-state index contributed by atoms with van der Waals surface area (Å²) in [7, 11) is 0. The maximum Gasteiger partial charge on any atom is 0.234 e. The van der Waals surface area contributed by atoms with Gasteiger partial charge in [0.05, 0.1) is 12.7 Å². The highest BCUT2D eigenvalue weighted by Crippen LogP contribution is 2.19. The highest BCUT2D eigenvalue weighted by Gasteiger charge is 2.23. The van der Waals surface area contributed by atoms with Crippen LogP contribution in [0.3, 0.4) is 0 Å². The van der Waals surface area contributed by atoms with Crippen LogP contribution in [0.2, 0.25) is 0 Å². The molecule has 2 aromatic heterocycles. The molecule has 4 rings (SSSR count). The number of piperidine rings is 1. The number of fused-ring (bicyclic) bond motifs is 1. The van der Waals surface area contributed by atoms with E-state index in [1.807, 2.05) is 18.3 Å². The first-order valence-corrected chi connectivity index (χ1v) is 9.75. The van der Waals surface area contributed by atoms with Crippen LogP contribution < -0.4 is 10.1 Å². The molecule has 0 bridgehead atoms. The zero-order valence-electron chi connectivity index (χ0n) is 15.1. The van der Waals surface area contributed by atoms with Crippen molar-refractivity contribution < 1.29 is 9.53 Å². The fourth-order valence-corrected chi connectivity index (χ4v) is 3.94. The zero-order chi connectivity index (χ0) is 17.8. The van der Waals surface area contributed by atoms with Gasteiger partial charge in [0.1, 0.15) is 6.10 Å². The Morgan fingerprint density at radius 2 is 1.96 bits per heavy atom. The summed E-state index contributed by atoms with van der Waals surface area (Å²) in [5.41, 5.74) is 0.791. The zero-order valence-corrected chi connectivity index (χ0v) is 15.1. The molecular weight excluding hydrogens is 330 g/mol. The lowest BCUT2D eigenvalue weighted by Gasteiger charge is -2.32. The molecule has 1 amide bonds. The van der Waals surface area contributed by atoms with Crippen LogP contribution in [0, 0.1) is 0 Å². The highest BCUT2D eigenvalue weighted by molar-refractivity contribution is 5.78. The molecular formula is C19H27N5O2. The van der Waals surface area contributed by atoms with E-state index in [2.05, 4.69) is 20.3 Å². The van der Waals surface area contributed by atoms with Crippen molar-refractivity contribution in [2.45, 2.75) is 57.1 Å². The Bertz CT molecular complexity index is 732. The van der Waals surface area contributed by atoms with Crippen molar-refractivity contribution >= 4 is 11.6 Å². The van der Waals surface area contributed by atoms with Gasteiger partial charge in [-0.1, -0.05) is 19.3 Å². The molecule has 2 aromatic rings. The predicted octanol–water partition coefficient (Wildman–Crippen LogP) is 2.02. The van der Waals surface area contributed by atoms with Gasteiger partial charge in [0.15, 0.2) is 5.65 Å². The van der Waals surface area contributed by atoms with Crippen molar-refractivity contribution in [2.75, 3.05) is 19.6 Å². The molecule has 7 nitrogen and oxygen atoms in total. The number of aromatic nitrogens is 3.